The lowest BCUT2D eigenvalue weighted by Gasteiger charge is -2.08. The fraction of sp³-hybridized carbons (Fsp3) is 0.462. The lowest BCUT2D eigenvalue weighted by Crippen LogP contribution is -2.25. The quantitative estimate of drug-likeness (QED) is 0.568. The Morgan fingerprint density at radius 1 is 1.24 bits per heavy atom. The van der Waals surface area contributed by atoms with Crippen LogP contribution in [0.2, 0.25) is 0 Å². The number of carbonyl (C=O) groups is 1. The molecule has 114 valence electrons. The number of benzene rings is 1. The third-order valence-corrected chi connectivity index (χ3v) is 5.14. The molecular weight excluding hydrogens is 306 g/mol. The maximum Gasteiger partial charge on any atom is 0.251 e. The van der Waals surface area contributed by atoms with Gasteiger partial charge in [0.25, 0.3) is 5.91 Å². The van der Waals surface area contributed by atoms with E-state index in [-0.39, 0.29) is 5.91 Å². The summed E-state index contributed by atoms with van der Waals surface area (Å²) in [5, 5.41) is 13.4. The molecule has 21 heavy (non-hydrogen) atoms. The van der Waals surface area contributed by atoms with Crippen molar-refractivity contribution in [3.63, 3.8) is 0 Å². The lowest BCUT2D eigenvalue weighted by atomic mass is 10.2. The van der Waals surface area contributed by atoms with Gasteiger partial charge in [0.05, 0.1) is 0 Å². The Labute approximate surface area is 131 Å². The van der Waals surface area contributed by atoms with Crippen LogP contribution in [0.25, 0.3) is 11.0 Å². The molecule has 0 aliphatic carbocycles. The molecule has 0 spiro atoms. The number of fused-ring (bicyclic) bond motifs is 1. The topological polar surface area (TPSA) is 73.9 Å². The first-order valence-electron chi connectivity index (χ1n) is 6.64. The molecule has 0 aliphatic heterocycles. The minimum absolute atomic E-state index is 0.0706. The van der Waals surface area contributed by atoms with Gasteiger partial charge in [-0.2, -0.15) is 15.4 Å². The zero-order valence-electron chi connectivity index (χ0n) is 12.1. The maximum absolute atomic E-state index is 12.0. The average Bonchev–Trinajstić information content (AvgIpc) is 2.93. The Kier molecular flexibility index (Phi) is 6.34. The first kappa shape index (κ1) is 16.1. The SMILES string of the molecule is CN(C)CCSSCCNC(=O)c1ccc2n[nH]nc2c1. The molecule has 1 amide bonds. The molecule has 2 N–H and O–H groups in total. The van der Waals surface area contributed by atoms with E-state index in [2.05, 4.69) is 39.7 Å². The van der Waals surface area contributed by atoms with E-state index in [1.165, 1.54) is 0 Å². The molecule has 0 unspecified atom stereocenters. The second-order valence-corrected chi connectivity index (χ2v) is 7.43. The summed E-state index contributed by atoms with van der Waals surface area (Å²) in [4.78, 5) is 14.2. The van der Waals surface area contributed by atoms with Gasteiger partial charge in [-0.25, -0.2) is 0 Å². The van der Waals surface area contributed by atoms with E-state index in [9.17, 15) is 4.79 Å². The van der Waals surface area contributed by atoms with Gasteiger partial charge in [0.2, 0.25) is 0 Å². The van der Waals surface area contributed by atoms with Crippen molar-refractivity contribution in [1.82, 2.24) is 25.6 Å². The third kappa shape index (κ3) is 5.22. The van der Waals surface area contributed by atoms with E-state index in [1.54, 1.807) is 29.0 Å². The Hall–Kier alpha value is -1.25. The summed E-state index contributed by atoms with van der Waals surface area (Å²) in [6, 6.07) is 5.30. The predicted octanol–water partition coefficient (Wildman–Crippen LogP) is 1.63. The van der Waals surface area contributed by atoms with Crippen molar-refractivity contribution in [2.45, 2.75) is 0 Å². The van der Waals surface area contributed by atoms with Crippen LogP contribution in [0.5, 0.6) is 0 Å². The van der Waals surface area contributed by atoms with Gasteiger partial charge in [-0.15, -0.1) is 0 Å². The van der Waals surface area contributed by atoms with E-state index in [1.807, 2.05) is 10.8 Å². The van der Waals surface area contributed by atoms with Crippen LogP contribution in [0.3, 0.4) is 0 Å². The number of nitrogens with one attached hydrogen (secondary N) is 2. The van der Waals surface area contributed by atoms with Crippen LogP contribution in [-0.2, 0) is 0 Å². The van der Waals surface area contributed by atoms with Gasteiger partial charge in [0, 0.05) is 30.2 Å². The number of nitrogens with zero attached hydrogens (tertiary/aromatic N) is 3. The van der Waals surface area contributed by atoms with E-state index in [4.69, 9.17) is 0 Å². The van der Waals surface area contributed by atoms with Gasteiger partial charge in [-0.1, -0.05) is 21.6 Å². The summed E-state index contributed by atoms with van der Waals surface area (Å²) >= 11 is 0. The van der Waals surface area contributed by atoms with Gasteiger partial charge >= 0.3 is 0 Å². The smallest absolute Gasteiger partial charge is 0.251 e. The molecule has 6 nitrogen and oxygen atoms in total. The molecule has 0 saturated carbocycles. The zero-order valence-corrected chi connectivity index (χ0v) is 13.8. The van der Waals surface area contributed by atoms with Crippen LogP contribution >= 0.6 is 21.6 Å². The van der Waals surface area contributed by atoms with Gasteiger partial charge in [-0.3, -0.25) is 4.79 Å². The molecule has 0 bridgehead atoms. The van der Waals surface area contributed by atoms with Crippen molar-refractivity contribution >= 4 is 38.5 Å². The number of rotatable bonds is 8. The van der Waals surface area contributed by atoms with E-state index < -0.39 is 0 Å². The molecule has 1 aromatic heterocycles. The summed E-state index contributed by atoms with van der Waals surface area (Å²) in [6.45, 7) is 1.73. The maximum atomic E-state index is 12.0. The van der Waals surface area contributed by atoms with E-state index >= 15 is 0 Å². The van der Waals surface area contributed by atoms with Crippen LogP contribution in [0, 0.1) is 0 Å². The summed E-state index contributed by atoms with van der Waals surface area (Å²) in [5.74, 6) is 1.92. The van der Waals surface area contributed by atoms with Crippen molar-refractivity contribution in [3.8, 4) is 0 Å². The highest BCUT2D eigenvalue weighted by atomic mass is 33.1. The largest absolute Gasteiger partial charge is 0.351 e. The van der Waals surface area contributed by atoms with E-state index in [0.717, 1.165) is 23.6 Å². The molecule has 0 radical (unpaired) electrons. The first-order chi connectivity index (χ1) is 10.2. The molecule has 0 saturated heterocycles. The summed E-state index contributed by atoms with van der Waals surface area (Å²) in [6.07, 6.45) is 0. The molecule has 2 rings (SSSR count). The monoisotopic (exact) mass is 325 g/mol. The van der Waals surface area contributed by atoms with Crippen LogP contribution < -0.4 is 5.32 Å². The fourth-order valence-corrected chi connectivity index (χ4v) is 3.67. The molecular formula is C13H19N5OS2. The number of carbonyl (C=O) groups excluding carboxylic acids is 1. The highest BCUT2D eigenvalue weighted by molar-refractivity contribution is 8.76. The minimum Gasteiger partial charge on any atom is -0.351 e. The second kappa shape index (κ2) is 8.26. The van der Waals surface area contributed by atoms with E-state index in [0.29, 0.717) is 17.6 Å². The Bertz CT molecular complexity index is 587. The summed E-state index contributed by atoms with van der Waals surface area (Å²) in [5.41, 5.74) is 2.08. The Morgan fingerprint density at radius 3 is 2.81 bits per heavy atom. The van der Waals surface area contributed by atoms with Crippen LogP contribution in [0.1, 0.15) is 10.4 Å². The number of hydrogen-bond acceptors (Lipinski definition) is 6. The van der Waals surface area contributed by atoms with Gasteiger partial charge in [0.15, 0.2) is 0 Å². The standard InChI is InChI=1S/C13H19N5OS2/c1-18(2)6-8-21-20-7-5-14-13(19)10-3-4-11-12(9-10)16-17-15-11/h3-4,9H,5-8H2,1-2H3,(H,14,19)(H,15,16,17). The first-order valence-corrected chi connectivity index (χ1v) is 9.13. The van der Waals surface area contributed by atoms with Crippen molar-refractivity contribution in [2.24, 2.45) is 0 Å². The highest BCUT2D eigenvalue weighted by Crippen LogP contribution is 2.19. The van der Waals surface area contributed by atoms with Crippen LogP contribution in [-0.4, -0.2) is 64.9 Å². The van der Waals surface area contributed by atoms with Crippen molar-refractivity contribution in [2.75, 3.05) is 38.7 Å². The van der Waals surface area contributed by atoms with Crippen molar-refractivity contribution < 1.29 is 4.79 Å². The number of hydrogen-bond donors (Lipinski definition) is 2. The van der Waals surface area contributed by atoms with Crippen LogP contribution in [0.15, 0.2) is 18.2 Å². The molecule has 1 heterocycles. The Balaban J connectivity index is 1.67. The molecule has 0 aliphatic rings. The predicted molar refractivity (Wildman–Crippen MR) is 89.7 cm³/mol. The number of amides is 1. The number of aromatic amines is 1. The van der Waals surface area contributed by atoms with Gasteiger partial charge in [0.1, 0.15) is 11.0 Å². The lowest BCUT2D eigenvalue weighted by molar-refractivity contribution is 0.0956. The number of aromatic nitrogens is 3. The molecule has 1 aromatic carbocycles. The molecule has 0 atom stereocenters. The molecule has 2 aromatic rings. The molecule has 0 fully saturated rings. The molecule has 8 heteroatoms. The third-order valence-electron chi connectivity index (χ3n) is 2.75. The summed E-state index contributed by atoms with van der Waals surface area (Å²) in [7, 11) is 7.75. The Morgan fingerprint density at radius 2 is 2.00 bits per heavy atom. The van der Waals surface area contributed by atoms with Crippen molar-refractivity contribution in [3.05, 3.63) is 23.8 Å². The summed E-state index contributed by atoms with van der Waals surface area (Å²) < 4.78 is 0. The minimum atomic E-state index is -0.0706. The highest BCUT2D eigenvalue weighted by Gasteiger charge is 2.07. The van der Waals surface area contributed by atoms with Gasteiger partial charge < -0.3 is 10.2 Å². The number of H-pyrrole nitrogens is 1. The van der Waals surface area contributed by atoms with Crippen LogP contribution in [0.4, 0.5) is 0 Å². The van der Waals surface area contributed by atoms with Gasteiger partial charge in [-0.05, 0) is 32.3 Å². The zero-order chi connectivity index (χ0) is 15.1. The normalized spacial score (nSPS) is 11.2. The average molecular weight is 325 g/mol. The van der Waals surface area contributed by atoms with Crippen molar-refractivity contribution in [1.29, 1.82) is 0 Å². The fourth-order valence-electron chi connectivity index (χ4n) is 1.63. The second-order valence-electron chi connectivity index (χ2n) is 4.73.